The molecule has 2 aromatic carbocycles. The summed E-state index contributed by atoms with van der Waals surface area (Å²) in [4.78, 5) is 24.5. The molecule has 2 rings (SSSR count). The van der Waals surface area contributed by atoms with Crippen molar-refractivity contribution in [2.45, 2.75) is 19.6 Å². The van der Waals surface area contributed by atoms with Crippen molar-refractivity contribution in [3.05, 3.63) is 59.7 Å². The van der Waals surface area contributed by atoms with Gasteiger partial charge in [0.1, 0.15) is 5.75 Å². The zero-order valence-corrected chi connectivity index (χ0v) is 16.6. The van der Waals surface area contributed by atoms with E-state index in [2.05, 4.69) is 10.0 Å². The summed E-state index contributed by atoms with van der Waals surface area (Å²) in [5, 5.41) is 2.68. The second-order valence-corrected chi connectivity index (χ2v) is 7.78. The molecule has 0 saturated carbocycles. The average molecular weight is 406 g/mol. The van der Waals surface area contributed by atoms with Crippen molar-refractivity contribution in [3.8, 4) is 5.75 Å². The van der Waals surface area contributed by atoms with Gasteiger partial charge in [0, 0.05) is 17.8 Å². The third-order valence-corrected chi connectivity index (χ3v) is 4.31. The third kappa shape index (κ3) is 6.27. The van der Waals surface area contributed by atoms with E-state index in [0.717, 1.165) is 11.8 Å². The highest BCUT2D eigenvalue weighted by atomic mass is 32.2. The lowest BCUT2D eigenvalue weighted by molar-refractivity contribution is -0.129. The average Bonchev–Trinajstić information content (AvgIpc) is 2.65. The Balaban J connectivity index is 1.96. The van der Waals surface area contributed by atoms with Gasteiger partial charge in [0.25, 0.3) is 5.91 Å². The van der Waals surface area contributed by atoms with Gasteiger partial charge in [-0.3, -0.25) is 9.52 Å². The molecule has 0 heterocycles. The van der Waals surface area contributed by atoms with Gasteiger partial charge in [0.2, 0.25) is 10.0 Å². The summed E-state index contributed by atoms with van der Waals surface area (Å²) in [7, 11) is -1.93. The minimum atomic E-state index is -3.47. The van der Waals surface area contributed by atoms with Crippen LogP contribution in [0.4, 0.5) is 5.69 Å². The van der Waals surface area contributed by atoms with Gasteiger partial charge >= 0.3 is 5.97 Å². The van der Waals surface area contributed by atoms with Crippen LogP contribution in [0.3, 0.4) is 0 Å². The molecule has 0 aromatic heterocycles. The molecule has 2 aromatic rings. The van der Waals surface area contributed by atoms with Gasteiger partial charge in [-0.15, -0.1) is 0 Å². The number of para-hydroxylation sites is 1. The number of ether oxygens (including phenoxy) is 2. The molecule has 0 radical (unpaired) electrons. The normalized spacial score (nSPS) is 12.0. The number of sulfonamides is 1. The standard InChI is InChI=1S/C19H22N2O6S/c1-13(18(22)20-12-15-7-4-5-10-17(15)26-2)27-19(23)14-8-6-9-16(11-14)21-28(3,24)25/h4-11,13,21H,12H2,1-3H3,(H,20,22). The van der Waals surface area contributed by atoms with E-state index < -0.39 is 28.0 Å². The number of amides is 1. The number of hydrogen-bond acceptors (Lipinski definition) is 6. The molecule has 0 saturated heterocycles. The number of methoxy groups -OCH3 is 1. The second kappa shape index (κ2) is 9.23. The Morgan fingerprint density at radius 1 is 1.11 bits per heavy atom. The molecule has 1 amide bonds. The quantitative estimate of drug-likeness (QED) is 0.648. The van der Waals surface area contributed by atoms with Crippen molar-refractivity contribution in [2.75, 3.05) is 18.1 Å². The van der Waals surface area contributed by atoms with Crippen molar-refractivity contribution < 1.29 is 27.5 Å². The Labute approximate surface area is 163 Å². The minimum Gasteiger partial charge on any atom is -0.496 e. The maximum atomic E-state index is 12.3. The van der Waals surface area contributed by atoms with Gasteiger partial charge in [0.05, 0.1) is 18.9 Å². The van der Waals surface area contributed by atoms with E-state index in [9.17, 15) is 18.0 Å². The molecule has 9 heteroatoms. The molecule has 150 valence electrons. The molecule has 8 nitrogen and oxygen atoms in total. The van der Waals surface area contributed by atoms with Crippen LogP contribution in [0.1, 0.15) is 22.8 Å². The number of anilines is 1. The Morgan fingerprint density at radius 2 is 1.82 bits per heavy atom. The lowest BCUT2D eigenvalue weighted by Crippen LogP contribution is -2.35. The number of carbonyl (C=O) groups excluding carboxylic acids is 2. The van der Waals surface area contributed by atoms with Crippen molar-refractivity contribution in [1.82, 2.24) is 5.32 Å². The molecule has 0 aliphatic rings. The molecule has 1 atom stereocenters. The predicted octanol–water partition coefficient (Wildman–Crippen LogP) is 1.93. The highest BCUT2D eigenvalue weighted by Gasteiger charge is 2.19. The maximum Gasteiger partial charge on any atom is 0.338 e. The number of nitrogens with one attached hydrogen (secondary N) is 2. The van der Waals surface area contributed by atoms with E-state index in [0.29, 0.717) is 5.75 Å². The SMILES string of the molecule is COc1ccccc1CNC(=O)C(C)OC(=O)c1cccc(NS(C)(=O)=O)c1. The molecule has 0 aliphatic carbocycles. The number of hydrogen-bond donors (Lipinski definition) is 2. The number of carbonyl (C=O) groups is 2. The summed E-state index contributed by atoms with van der Waals surface area (Å²) in [6.07, 6.45) is -0.0275. The van der Waals surface area contributed by atoms with Crippen LogP contribution in [0.15, 0.2) is 48.5 Å². The fraction of sp³-hybridized carbons (Fsp3) is 0.263. The van der Waals surface area contributed by atoms with Crippen molar-refractivity contribution in [1.29, 1.82) is 0 Å². The topological polar surface area (TPSA) is 111 Å². The van der Waals surface area contributed by atoms with Crippen molar-refractivity contribution in [3.63, 3.8) is 0 Å². The second-order valence-electron chi connectivity index (χ2n) is 6.03. The molecule has 0 aliphatic heterocycles. The first-order valence-corrected chi connectivity index (χ1v) is 10.3. The first-order valence-electron chi connectivity index (χ1n) is 8.38. The van der Waals surface area contributed by atoms with Crippen LogP contribution in [0.25, 0.3) is 0 Å². The molecule has 1 unspecified atom stereocenters. The summed E-state index contributed by atoms with van der Waals surface area (Å²) in [5.74, 6) is -0.565. The number of rotatable bonds is 8. The monoisotopic (exact) mass is 406 g/mol. The molecular formula is C19H22N2O6S. The van der Waals surface area contributed by atoms with E-state index in [4.69, 9.17) is 9.47 Å². The lowest BCUT2D eigenvalue weighted by Gasteiger charge is -2.15. The fourth-order valence-electron chi connectivity index (χ4n) is 2.38. The van der Waals surface area contributed by atoms with E-state index in [1.165, 1.54) is 38.3 Å². The van der Waals surface area contributed by atoms with Gasteiger partial charge in [-0.1, -0.05) is 24.3 Å². The van der Waals surface area contributed by atoms with Gasteiger partial charge in [-0.05, 0) is 31.2 Å². The third-order valence-electron chi connectivity index (χ3n) is 3.70. The molecule has 2 N–H and O–H groups in total. The van der Waals surface area contributed by atoms with E-state index >= 15 is 0 Å². The fourth-order valence-corrected chi connectivity index (χ4v) is 2.94. The minimum absolute atomic E-state index is 0.123. The Kier molecular flexibility index (Phi) is 7.00. The lowest BCUT2D eigenvalue weighted by atomic mass is 10.2. The first kappa shape index (κ1) is 21.2. The van der Waals surface area contributed by atoms with Gasteiger partial charge in [-0.2, -0.15) is 0 Å². The van der Waals surface area contributed by atoms with Crippen LogP contribution in [-0.2, 0) is 26.1 Å². The Bertz CT molecular complexity index is 958. The van der Waals surface area contributed by atoms with Crippen LogP contribution in [0, 0.1) is 0 Å². The summed E-state index contributed by atoms with van der Waals surface area (Å²) in [6.45, 7) is 1.67. The number of esters is 1. The van der Waals surface area contributed by atoms with E-state index in [1.807, 2.05) is 18.2 Å². The van der Waals surface area contributed by atoms with E-state index in [-0.39, 0.29) is 17.8 Å². The highest BCUT2D eigenvalue weighted by Crippen LogP contribution is 2.17. The Hall–Kier alpha value is -3.07. The summed E-state index contributed by atoms with van der Waals surface area (Å²) >= 11 is 0. The van der Waals surface area contributed by atoms with Crippen LogP contribution in [0.5, 0.6) is 5.75 Å². The van der Waals surface area contributed by atoms with E-state index in [1.54, 1.807) is 6.07 Å². The summed E-state index contributed by atoms with van der Waals surface area (Å²) in [5.41, 5.74) is 1.14. The summed E-state index contributed by atoms with van der Waals surface area (Å²) < 4.78 is 35.3. The smallest absolute Gasteiger partial charge is 0.338 e. The molecule has 0 fully saturated rings. The van der Waals surface area contributed by atoms with Crippen LogP contribution < -0.4 is 14.8 Å². The van der Waals surface area contributed by atoms with Gasteiger partial charge in [-0.25, -0.2) is 13.2 Å². The number of benzene rings is 2. The molecule has 0 spiro atoms. The van der Waals surface area contributed by atoms with Crippen LogP contribution in [0.2, 0.25) is 0 Å². The van der Waals surface area contributed by atoms with Gasteiger partial charge in [0.15, 0.2) is 6.10 Å². The molecular weight excluding hydrogens is 384 g/mol. The summed E-state index contributed by atoms with van der Waals surface area (Å²) in [6, 6.07) is 13.1. The predicted molar refractivity (Wildman–Crippen MR) is 105 cm³/mol. The largest absolute Gasteiger partial charge is 0.496 e. The van der Waals surface area contributed by atoms with Gasteiger partial charge < -0.3 is 14.8 Å². The first-order chi connectivity index (χ1) is 13.2. The Morgan fingerprint density at radius 3 is 2.50 bits per heavy atom. The molecule has 0 bridgehead atoms. The maximum absolute atomic E-state index is 12.3. The van der Waals surface area contributed by atoms with Crippen LogP contribution in [-0.4, -0.2) is 39.8 Å². The highest BCUT2D eigenvalue weighted by molar-refractivity contribution is 7.92. The van der Waals surface area contributed by atoms with Crippen molar-refractivity contribution >= 4 is 27.6 Å². The molecule has 28 heavy (non-hydrogen) atoms. The van der Waals surface area contributed by atoms with Crippen LogP contribution >= 0.6 is 0 Å². The van der Waals surface area contributed by atoms with Crippen molar-refractivity contribution in [2.24, 2.45) is 0 Å². The zero-order valence-electron chi connectivity index (χ0n) is 15.8. The zero-order chi connectivity index (χ0) is 20.7.